The Bertz CT molecular complexity index is 410. The molecule has 0 radical (unpaired) electrons. The summed E-state index contributed by atoms with van der Waals surface area (Å²) in [6.45, 7) is 1.66. The number of piperidine rings is 1. The number of ketones is 1. The number of Topliss-reactive ketones (excluding diaryl/α,β-unsaturated/α-hetero) is 1. The highest BCUT2D eigenvalue weighted by atomic mass is 16.5. The van der Waals surface area contributed by atoms with Crippen molar-refractivity contribution in [2.24, 2.45) is 5.92 Å². The van der Waals surface area contributed by atoms with Crippen LogP contribution >= 0.6 is 0 Å². The SMILES string of the molecule is O=C(OCc1ccccc1)C(=O)C1CCCNC1. The Morgan fingerprint density at radius 1 is 1.28 bits per heavy atom. The van der Waals surface area contributed by atoms with E-state index in [0.717, 1.165) is 24.9 Å². The van der Waals surface area contributed by atoms with Crippen LogP contribution in [-0.4, -0.2) is 24.8 Å². The molecule has 2 rings (SSSR count). The monoisotopic (exact) mass is 247 g/mol. The van der Waals surface area contributed by atoms with Crippen molar-refractivity contribution in [2.75, 3.05) is 13.1 Å². The van der Waals surface area contributed by atoms with Crippen LogP contribution in [0.1, 0.15) is 18.4 Å². The van der Waals surface area contributed by atoms with Crippen LogP contribution in [0.15, 0.2) is 30.3 Å². The zero-order valence-electron chi connectivity index (χ0n) is 10.2. The standard InChI is InChI=1S/C14H17NO3/c16-13(12-7-4-8-15-9-12)14(17)18-10-11-5-2-1-3-6-11/h1-3,5-6,12,15H,4,7-10H2. The molecule has 0 saturated carbocycles. The molecule has 0 aliphatic carbocycles. The van der Waals surface area contributed by atoms with Crippen LogP contribution in [0, 0.1) is 5.92 Å². The van der Waals surface area contributed by atoms with E-state index < -0.39 is 11.8 Å². The molecule has 18 heavy (non-hydrogen) atoms. The lowest BCUT2D eigenvalue weighted by molar-refractivity contribution is -0.156. The minimum Gasteiger partial charge on any atom is -0.455 e. The molecule has 0 aromatic heterocycles. The van der Waals surface area contributed by atoms with Crippen LogP contribution in [0.3, 0.4) is 0 Å². The van der Waals surface area contributed by atoms with Gasteiger partial charge in [0.1, 0.15) is 6.61 Å². The molecule has 1 aromatic carbocycles. The molecule has 4 nitrogen and oxygen atoms in total. The highest BCUT2D eigenvalue weighted by Crippen LogP contribution is 2.12. The first-order chi connectivity index (χ1) is 8.77. The smallest absolute Gasteiger partial charge is 0.375 e. The summed E-state index contributed by atoms with van der Waals surface area (Å²) < 4.78 is 5.03. The van der Waals surface area contributed by atoms with E-state index in [0.29, 0.717) is 6.54 Å². The van der Waals surface area contributed by atoms with Crippen molar-refractivity contribution < 1.29 is 14.3 Å². The summed E-state index contributed by atoms with van der Waals surface area (Å²) in [5.41, 5.74) is 0.889. The Morgan fingerprint density at radius 3 is 2.72 bits per heavy atom. The van der Waals surface area contributed by atoms with Gasteiger partial charge in [0, 0.05) is 12.5 Å². The molecule has 1 N–H and O–H groups in total. The predicted molar refractivity (Wildman–Crippen MR) is 66.8 cm³/mol. The number of ether oxygens (including phenoxy) is 1. The van der Waals surface area contributed by atoms with Crippen molar-refractivity contribution in [1.82, 2.24) is 5.32 Å². The summed E-state index contributed by atoms with van der Waals surface area (Å²) in [7, 11) is 0. The van der Waals surface area contributed by atoms with Gasteiger partial charge in [-0.05, 0) is 24.9 Å². The van der Waals surface area contributed by atoms with Gasteiger partial charge >= 0.3 is 5.97 Å². The molecule has 1 saturated heterocycles. The molecule has 1 fully saturated rings. The van der Waals surface area contributed by atoms with Crippen molar-refractivity contribution in [3.63, 3.8) is 0 Å². The van der Waals surface area contributed by atoms with Crippen molar-refractivity contribution >= 4 is 11.8 Å². The summed E-state index contributed by atoms with van der Waals surface area (Å²) in [6.07, 6.45) is 1.70. The Hall–Kier alpha value is -1.68. The predicted octanol–water partition coefficient (Wildman–Crippen LogP) is 1.30. The van der Waals surface area contributed by atoms with Crippen molar-refractivity contribution in [3.05, 3.63) is 35.9 Å². The van der Waals surface area contributed by atoms with Gasteiger partial charge in [0.05, 0.1) is 0 Å². The molecule has 4 heteroatoms. The van der Waals surface area contributed by atoms with E-state index >= 15 is 0 Å². The second-order valence-corrected chi connectivity index (χ2v) is 4.47. The molecule has 1 aliphatic heterocycles. The maximum atomic E-state index is 11.8. The minimum absolute atomic E-state index is 0.158. The average molecular weight is 247 g/mol. The number of hydrogen-bond donors (Lipinski definition) is 1. The Kier molecular flexibility index (Phi) is 4.47. The lowest BCUT2D eigenvalue weighted by Crippen LogP contribution is -2.38. The molecule has 96 valence electrons. The van der Waals surface area contributed by atoms with Crippen LogP contribution in [0.2, 0.25) is 0 Å². The van der Waals surface area contributed by atoms with Crippen molar-refractivity contribution in [1.29, 1.82) is 0 Å². The number of carbonyl (C=O) groups is 2. The molecule has 1 aromatic rings. The Balaban J connectivity index is 1.82. The lowest BCUT2D eigenvalue weighted by atomic mass is 9.95. The summed E-state index contributed by atoms with van der Waals surface area (Å²) in [6, 6.07) is 9.36. The van der Waals surface area contributed by atoms with Crippen molar-refractivity contribution in [3.8, 4) is 0 Å². The van der Waals surface area contributed by atoms with Crippen LogP contribution in [0.4, 0.5) is 0 Å². The van der Waals surface area contributed by atoms with E-state index in [1.54, 1.807) is 0 Å². The normalized spacial score (nSPS) is 19.2. The maximum Gasteiger partial charge on any atom is 0.375 e. The van der Waals surface area contributed by atoms with Crippen LogP contribution in [0.25, 0.3) is 0 Å². The third kappa shape index (κ3) is 3.40. The topological polar surface area (TPSA) is 55.4 Å². The van der Waals surface area contributed by atoms with Crippen LogP contribution in [0.5, 0.6) is 0 Å². The Morgan fingerprint density at radius 2 is 2.06 bits per heavy atom. The van der Waals surface area contributed by atoms with E-state index in [9.17, 15) is 9.59 Å². The minimum atomic E-state index is -0.715. The summed E-state index contributed by atoms with van der Waals surface area (Å²) in [4.78, 5) is 23.4. The van der Waals surface area contributed by atoms with Gasteiger partial charge in [-0.15, -0.1) is 0 Å². The average Bonchev–Trinajstić information content (AvgIpc) is 2.46. The van der Waals surface area contributed by atoms with E-state index in [1.807, 2.05) is 30.3 Å². The van der Waals surface area contributed by atoms with E-state index in [2.05, 4.69) is 5.32 Å². The van der Waals surface area contributed by atoms with E-state index in [-0.39, 0.29) is 12.5 Å². The maximum absolute atomic E-state index is 11.8. The van der Waals surface area contributed by atoms with E-state index in [4.69, 9.17) is 4.74 Å². The molecule has 1 heterocycles. The van der Waals surface area contributed by atoms with Crippen molar-refractivity contribution in [2.45, 2.75) is 19.4 Å². The third-order valence-corrected chi connectivity index (χ3v) is 3.08. The second-order valence-electron chi connectivity index (χ2n) is 4.47. The molecule has 0 amide bonds. The van der Waals surface area contributed by atoms with Gasteiger partial charge in [0.15, 0.2) is 0 Å². The molecule has 0 bridgehead atoms. The molecule has 1 unspecified atom stereocenters. The largest absolute Gasteiger partial charge is 0.455 e. The number of esters is 1. The molecular formula is C14H17NO3. The van der Waals surface area contributed by atoms with E-state index in [1.165, 1.54) is 0 Å². The number of nitrogens with one attached hydrogen (secondary N) is 1. The van der Waals surface area contributed by atoms with Gasteiger partial charge in [-0.3, -0.25) is 4.79 Å². The highest BCUT2D eigenvalue weighted by Gasteiger charge is 2.27. The lowest BCUT2D eigenvalue weighted by Gasteiger charge is -2.20. The van der Waals surface area contributed by atoms with Crippen LogP contribution in [-0.2, 0) is 20.9 Å². The van der Waals surface area contributed by atoms with Gasteiger partial charge in [-0.1, -0.05) is 30.3 Å². The summed E-state index contributed by atoms with van der Waals surface area (Å²) in [5, 5.41) is 3.12. The summed E-state index contributed by atoms with van der Waals surface area (Å²) >= 11 is 0. The molecule has 0 spiro atoms. The van der Waals surface area contributed by atoms with Gasteiger partial charge in [0.25, 0.3) is 0 Å². The first-order valence-electron chi connectivity index (χ1n) is 6.23. The van der Waals surface area contributed by atoms with Gasteiger partial charge in [-0.2, -0.15) is 0 Å². The molecular weight excluding hydrogens is 230 g/mol. The third-order valence-electron chi connectivity index (χ3n) is 3.08. The second kappa shape index (κ2) is 6.31. The zero-order chi connectivity index (χ0) is 12.8. The fourth-order valence-electron chi connectivity index (χ4n) is 2.04. The fourth-order valence-corrected chi connectivity index (χ4v) is 2.04. The molecule has 1 atom stereocenters. The fraction of sp³-hybridized carbons (Fsp3) is 0.429. The number of benzene rings is 1. The zero-order valence-corrected chi connectivity index (χ0v) is 10.2. The summed E-state index contributed by atoms with van der Waals surface area (Å²) in [5.74, 6) is -1.34. The van der Waals surface area contributed by atoms with Crippen LogP contribution < -0.4 is 5.32 Å². The first-order valence-corrected chi connectivity index (χ1v) is 6.23. The number of rotatable bonds is 4. The highest BCUT2D eigenvalue weighted by molar-refractivity contribution is 6.34. The quantitative estimate of drug-likeness (QED) is 0.643. The van der Waals surface area contributed by atoms with Gasteiger partial charge < -0.3 is 10.1 Å². The Labute approximate surface area is 106 Å². The number of hydrogen-bond acceptors (Lipinski definition) is 4. The number of carbonyl (C=O) groups excluding carboxylic acids is 2. The first kappa shape index (κ1) is 12.8. The molecule has 1 aliphatic rings. The van der Waals surface area contributed by atoms with Gasteiger partial charge in [-0.25, -0.2) is 4.79 Å². The van der Waals surface area contributed by atoms with Gasteiger partial charge in [0.2, 0.25) is 5.78 Å².